The summed E-state index contributed by atoms with van der Waals surface area (Å²) in [4.78, 5) is 27.7. The number of benzene rings is 1. The fourth-order valence-electron chi connectivity index (χ4n) is 5.07. The highest BCUT2D eigenvalue weighted by atomic mass is 19.1. The summed E-state index contributed by atoms with van der Waals surface area (Å²) in [5.74, 6) is 1.21. The van der Waals surface area contributed by atoms with Gasteiger partial charge in [0.1, 0.15) is 18.5 Å². The highest BCUT2D eigenvalue weighted by Gasteiger charge is 2.37. The fourth-order valence-corrected chi connectivity index (χ4v) is 5.07. The van der Waals surface area contributed by atoms with E-state index in [0.717, 1.165) is 16.8 Å². The Balaban J connectivity index is 1.29. The molecular weight excluding hydrogens is 543 g/mol. The van der Waals surface area contributed by atoms with Crippen LogP contribution in [-0.4, -0.2) is 76.8 Å². The number of hydrogen-bond donors (Lipinski definition) is 3. The molecule has 5 heterocycles. The number of anilines is 2. The van der Waals surface area contributed by atoms with Crippen LogP contribution in [0.2, 0.25) is 0 Å². The molecule has 218 valence electrons. The van der Waals surface area contributed by atoms with Crippen LogP contribution in [-0.2, 0) is 9.57 Å². The number of hydroxylamine groups is 2. The van der Waals surface area contributed by atoms with Crippen LogP contribution in [0.4, 0.5) is 20.8 Å². The Labute approximate surface area is 241 Å². The van der Waals surface area contributed by atoms with Gasteiger partial charge in [-0.1, -0.05) is 18.2 Å². The standard InChI is InChI=1S/C29H31FN8O4/c1-18-25(20-14-23-27(33-16-20)32-10-12-41-23)36-38(21-6-4-3-5-7-21)28(18)35-29(39)34-22-17-37(11-13-40-2)42-26(22)19-8-9-31-24(30)15-19/h3-9,14-16,22,26H,10-13,17H2,1-2H3,(H,32,33)(H2,34,35,39)/t22-,26+/m1/s1. The Bertz CT molecular complexity index is 1570. The van der Waals surface area contributed by atoms with E-state index in [0.29, 0.717) is 61.5 Å². The fraction of sp³-hybridized carbons (Fsp3) is 0.310. The van der Waals surface area contributed by atoms with Gasteiger partial charge in [0.25, 0.3) is 0 Å². The minimum absolute atomic E-state index is 0.377. The highest BCUT2D eigenvalue weighted by molar-refractivity contribution is 5.91. The first-order chi connectivity index (χ1) is 20.5. The van der Waals surface area contributed by atoms with Crippen molar-refractivity contribution in [3.05, 3.63) is 78.0 Å². The zero-order valence-electron chi connectivity index (χ0n) is 23.2. The van der Waals surface area contributed by atoms with Crippen LogP contribution in [0.5, 0.6) is 5.75 Å². The number of amides is 2. The quantitative estimate of drug-likeness (QED) is 0.270. The largest absolute Gasteiger partial charge is 0.488 e. The zero-order chi connectivity index (χ0) is 29.1. The number of nitrogens with zero attached hydrogens (tertiary/aromatic N) is 5. The van der Waals surface area contributed by atoms with Crippen molar-refractivity contribution in [1.29, 1.82) is 0 Å². The van der Waals surface area contributed by atoms with Crippen molar-refractivity contribution in [3.8, 4) is 22.7 Å². The maximum absolute atomic E-state index is 14.0. The second kappa shape index (κ2) is 12.1. The smallest absolute Gasteiger partial charge is 0.320 e. The minimum Gasteiger partial charge on any atom is -0.488 e. The average molecular weight is 575 g/mol. The van der Waals surface area contributed by atoms with E-state index in [2.05, 4.69) is 25.9 Å². The highest BCUT2D eigenvalue weighted by Crippen LogP contribution is 2.35. The van der Waals surface area contributed by atoms with Crippen LogP contribution >= 0.6 is 0 Å². The van der Waals surface area contributed by atoms with Gasteiger partial charge in [0, 0.05) is 43.7 Å². The van der Waals surface area contributed by atoms with Gasteiger partial charge < -0.3 is 20.1 Å². The third-order valence-electron chi connectivity index (χ3n) is 7.10. The Hall–Kier alpha value is -4.59. The summed E-state index contributed by atoms with van der Waals surface area (Å²) in [6, 6.07) is 13.5. The van der Waals surface area contributed by atoms with Crippen molar-refractivity contribution < 1.29 is 23.5 Å². The topological polar surface area (TPSA) is 128 Å². The number of methoxy groups -OCH3 is 1. The molecule has 3 N–H and O–H groups in total. The molecule has 0 unspecified atom stereocenters. The lowest BCUT2D eigenvalue weighted by atomic mass is 10.0. The number of ether oxygens (including phenoxy) is 2. The normalized spacial score (nSPS) is 18.2. The van der Waals surface area contributed by atoms with Gasteiger partial charge >= 0.3 is 6.03 Å². The maximum atomic E-state index is 14.0. The number of nitrogens with one attached hydrogen (secondary N) is 3. The van der Waals surface area contributed by atoms with Gasteiger partial charge in [-0.05, 0) is 42.8 Å². The minimum atomic E-state index is -0.623. The molecule has 2 amide bonds. The molecule has 13 heteroatoms. The molecule has 6 rings (SSSR count). The molecular formula is C29H31FN8O4. The Morgan fingerprint density at radius 1 is 1.21 bits per heavy atom. The van der Waals surface area contributed by atoms with E-state index in [1.807, 2.05) is 43.3 Å². The predicted octanol–water partition coefficient (Wildman–Crippen LogP) is 3.71. The lowest BCUT2D eigenvalue weighted by molar-refractivity contribution is -0.154. The first kappa shape index (κ1) is 27.6. The summed E-state index contributed by atoms with van der Waals surface area (Å²) < 4.78 is 26.6. The number of hydrogen-bond acceptors (Lipinski definition) is 9. The third kappa shape index (κ3) is 5.75. The van der Waals surface area contributed by atoms with Crippen LogP contribution in [0, 0.1) is 12.9 Å². The summed E-state index contributed by atoms with van der Waals surface area (Å²) in [7, 11) is 1.60. The van der Waals surface area contributed by atoms with Crippen molar-refractivity contribution >= 4 is 17.7 Å². The number of urea groups is 1. The molecule has 2 aliphatic rings. The van der Waals surface area contributed by atoms with Gasteiger partial charge in [-0.3, -0.25) is 10.2 Å². The van der Waals surface area contributed by atoms with Crippen LogP contribution in [0.1, 0.15) is 17.2 Å². The van der Waals surface area contributed by atoms with Crippen LogP contribution < -0.4 is 20.7 Å². The molecule has 4 aromatic rings. The number of carbonyl (C=O) groups excluding carboxylic acids is 1. The van der Waals surface area contributed by atoms with E-state index >= 15 is 0 Å². The van der Waals surface area contributed by atoms with E-state index in [9.17, 15) is 9.18 Å². The Morgan fingerprint density at radius 2 is 2.07 bits per heavy atom. The number of halogens is 1. The number of para-hydroxylation sites is 1. The molecule has 42 heavy (non-hydrogen) atoms. The van der Waals surface area contributed by atoms with Gasteiger partial charge in [-0.15, -0.1) is 0 Å². The average Bonchev–Trinajstić information content (AvgIpc) is 3.56. The van der Waals surface area contributed by atoms with Gasteiger partial charge in [-0.2, -0.15) is 14.6 Å². The molecule has 1 saturated heterocycles. The van der Waals surface area contributed by atoms with Gasteiger partial charge in [0.2, 0.25) is 5.95 Å². The molecule has 2 aliphatic heterocycles. The zero-order valence-corrected chi connectivity index (χ0v) is 23.2. The van der Waals surface area contributed by atoms with Gasteiger partial charge in [0.15, 0.2) is 11.6 Å². The van der Waals surface area contributed by atoms with Gasteiger partial charge in [-0.25, -0.2) is 19.4 Å². The van der Waals surface area contributed by atoms with E-state index < -0.39 is 24.1 Å². The second-order valence-corrected chi connectivity index (χ2v) is 9.94. The number of carbonyl (C=O) groups is 1. The van der Waals surface area contributed by atoms with Crippen molar-refractivity contribution in [2.45, 2.75) is 19.1 Å². The Kier molecular flexibility index (Phi) is 7.95. The third-order valence-corrected chi connectivity index (χ3v) is 7.10. The molecule has 0 spiro atoms. The van der Waals surface area contributed by atoms with E-state index in [1.165, 1.54) is 12.3 Å². The number of fused-ring (bicyclic) bond motifs is 1. The SMILES string of the molecule is COCCN1C[C@@H](NC(=O)Nc2c(C)c(-c3cnc4c(c3)OCCN4)nn2-c2ccccc2)[C@H](c2ccnc(F)c2)O1. The molecule has 3 aromatic heterocycles. The monoisotopic (exact) mass is 574 g/mol. The van der Waals surface area contributed by atoms with Crippen LogP contribution in [0.15, 0.2) is 60.9 Å². The summed E-state index contributed by atoms with van der Waals surface area (Å²) in [6.45, 7) is 4.43. The molecule has 0 saturated carbocycles. The maximum Gasteiger partial charge on any atom is 0.320 e. The number of rotatable bonds is 8. The lowest BCUT2D eigenvalue weighted by Crippen LogP contribution is -2.42. The summed E-state index contributed by atoms with van der Waals surface area (Å²) in [6.07, 6.45) is 2.50. The van der Waals surface area contributed by atoms with Crippen LogP contribution in [0.3, 0.4) is 0 Å². The van der Waals surface area contributed by atoms with E-state index in [1.54, 1.807) is 29.1 Å². The van der Waals surface area contributed by atoms with E-state index in [4.69, 9.17) is 19.4 Å². The number of aromatic nitrogens is 4. The van der Waals surface area contributed by atoms with Crippen molar-refractivity contribution in [1.82, 2.24) is 30.1 Å². The first-order valence-electron chi connectivity index (χ1n) is 13.6. The number of pyridine rings is 2. The van der Waals surface area contributed by atoms with Crippen molar-refractivity contribution in [3.63, 3.8) is 0 Å². The summed E-state index contributed by atoms with van der Waals surface area (Å²) in [5, 5.41) is 15.8. The van der Waals surface area contributed by atoms with E-state index in [-0.39, 0.29) is 0 Å². The summed E-state index contributed by atoms with van der Waals surface area (Å²) in [5.41, 5.74) is 3.49. The lowest BCUT2D eigenvalue weighted by Gasteiger charge is -2.19. The van der Waals surface area contributed by atoms with Crippen molar-refractivity contribution in [2.24, 2.45) is 0 Å². The Morgan fingerprint density at radius 3 is 2.88 bits per heavy atom. The molecule has 1 aromatic carbocycles. The predicted molar refractivity (Wildman–Crippen MR) is 153 cm³/mol. The molecule has 2 atom stereocenters. The van der Waals surface area contributed by atoms with Gasteiger partial charge in [0.05, 0.1) is 30.6 Å². The molecule has 0 bridgehead atoms. The molecule has 1 fully saturated rings. The molecule has 0 radical (unpaired) electrons. The molecule has 0 aliphatic carbocycles. The first-order valence-corrected chi connectivity index (χ1v) is 13.6. The van der Waals surface area contributed by atoms with Crippen molar-refractivity contribution in [2.75, 3.05) is 50.6 Å². The van der Waals surface area contributed by atoms with Crippen LogP contribution in [0.25, 0.3) is 16.9 Å². The molecule has 12 nitrogen and oxygen atoms in total. The summed E-state index contributed by atoms with van der Waals surface area (Å²) >= 11 is 0. The second-order valence-electron chi connectivity index (χ2n) is 9.94.